The molecule has 1 aromatic heterocycles. The summed E-state index contributed by atoms with van der Waals surface area (Å²) < 4.78 is 13.2. The van der Waals surface area contributed by atoms with Gasteiger partial charge in [-0.2, -0.15) is 0 Å². The second kappa shape index (κ2) is 7.02. The van der Waals surface area contributed by atoms with Crippen molar-refractivity contribution in [3.8, 4) is 11.3 Å². The molecule has 128 valence electrons. The lowest BCUT2D eigenvalue weighted by Crippen LogP contribution is -2.17. The molecule has 25 heavy (non-hydrogen) atoms. The fourth-order valence-corrected chi connectivity index (χ4v) is 3.90. The number of hydrogen-bond acceptors (Lipinski definition) is 4. The van der Waals surface area contributed by atoms with Gasteiger partial charge in [0, 0.05) is 35.4 Å². The highest BCUT2D eigenvalue weighted by Gasteiger charge is 2.12. The molecule has 0 amide bonds. The fraction of sp³-hybridized carbons (Fsp3) is 0.211. The van der Waals surface area contributed by atoms with Crippen LogP contribution in [0.3, 0.4) is 0 Å². The SMILES string of the molecule is Fc1ccc(Nc2nc(-c3ccc(N4CCCC4)cc3)cs2)cc1Cl. The van der Waals surface area contributed by atoms with E-state index in [1.54, 1.807) is 12.1 Å². The van der Waals surface area contributed by atoms with E-state index in [2.05, 4.69) is 39.5 Å². The van der Waals surface area contributed by atoms with Crippen molar-refractivity contribution in [3.05, 3.63) is 58.7 Å². The summed E-state index contributed by atoms with van der Waals surface area (Å²) in [6, 6.07) is 13.1. The van der Waals surface area contributed by atoms with Crippen molar-refractivity contribution in [3.63, 3.8) is 0 Å². The summed E-state index contributed by atoms with van der Waals surface area (Å²) in [7, 11) is 0. The molecule has 0 saturated carbocycles. The van der Waals surface area contributed by atoms with Crippen LogP contribution >= 0.6 is 22.9 Å². The monoisotopic (exact) mass is 373 g/mol. The molecule has 0 unspecified atom stereocenters. The van der Waals surface area contributed by atoms with Crippen LogP contribution in [0, 0.1) is 5.82 Å². The summed E-state index contributed by atoms with van der Waals surface area (Å²) in [4.78, 5) is 7.02. The Balaban J connectivity index is 1.49. The lowest BCUT2D eigenvalue weighted by atomic mass is 10.1. The molecule has 4 rings (SSSR count). The topological polar surface area (TPSA) is 28.2 Å². The van der Waals surface area contributed by atoms with Gasteiger partial charge in [-0.15, -0.1) is 11.3 Å². The maximum Gasteiger partial charge on any atom is 0.187 e. The normalized spacial score (nSPS) is 14.1. The maximum atomic E-state index is 13.2. The molecule has 1 fully saturated rings. The molecule has 1 N–H and O–H groups in total. The van der Waals surface area contributed by atoms with Crippen LogP contribution in [0.1, 0.15) is 12.8 Å². The third-order valence-electron chi connectivity index (χ3n) is 4.31. The molecule has 0 radical (unpaired) electrons. The van der Waals surface area contributed by atoms with Crippen LogP contribution in [-0.2, 0) is 0 Å². The van der Waals surface area contributed by atoms with E-state index >= 15 is 0 Å². The molecule has 1 aliphatic rings. The van der Waals surface area contributed by atoms with Crippen molar-refractivity contribution in [2.45, 2.75) is 12.8 Å². The number of thiazole rings is 1. The van der Waals surface area contributed by atoms with Crippen molar-refractivity contribution in [1.29, 1.82) is 0 Å². The number of halogens is 2. The van der Waals surface area contributed by atoms with Crippen LogP contribution in [0.25, 0.3) is 11.3 Å². The Bertz CT molecular complexity index is 873. The fourth-order valence-electron chi connectivity index (χ4n) is 2.98. The number of anilines is 3. The maximum absolute atomic E-state index is 13.2. The van der Waals surface area contributed by atoms with E-state index in [1.165, 1.54) is 35.9 Å². The Morgan fingerprint density at radius 3 is 2.56 bits per heavy atom. The Morgan fingerprint density at radius 1 is 1.08 bits per heavy atom. The molecule has 1 saturated heterocycles. The van der Waals surface area contributed by atoms with Gasteiger partial charge >= 0.3 is 0 Å². The lowest BCUT2D eigenvalue weighted by molar-refractivity contribution is 0.628. The van der Waals surface area contributed by atoms with Gasteiger partial charge in [0.05, 0.1) is 10.7 Å². The van der Waals surface area contributed by atoms with Gasteiger partial charge in [-0.1, -0.05) is 23.7 Å². The second-order valence-electron chi connectivity index (χ2n) is 6.03. The minimum Gasteiger partial charge on any atom is -0.372 e. The van der Waals surface area contributed by atoms with Gasteiger partial charge in [0.25, 0.3) is 0 Å². The zero-order valence-electron chi connectivity index (χ0n) is 13.5. The number of nitrogens with zero attached hydrogens (tertiary/aromatic N) is 2. The van der Waals surface area contributed by atoms with Crippen molar-refractivity contribution in [2.75, 3.05) is 23.3 Å². The molecule has 0 atom stereocenters. The molecule has 0 aliphatic carbocycles. The average molecular weight is 374 g/mol. The number of rotatable bonds is 4. The first kappa shape index (κ1) is 16.4. The Kier molecular flexibility index (Phi) is 4.59. The lowest BCUT2D eigenvalue weighted by Gasteiger charge is -2.17. The molecule has 1 aliphatic heterocycles. The van der Waals surface area contributed by atoms with Crippen molar-refractivity contribution in [1.82, 2.24) is 4.98 Å². The smallest absolute Gasteiger partial charge is 0.187 e. The van der Waals surface area contributed by atoms with Crippen LogP contribution < -0.4 is 10.2 Å². The van der Waals surface area contributed by atoms with Crippen LogP contribution in [0.2, 0.25) is 5.02 Å². The zero-order chi connectivity index (χ0) is 17.2. The third-order valence-corrected chi connectivity index (χ3v) is 5.36. The minimum atomic E-state index is -0.426. The van der Waals surface area contributed by atoms with Gasteiger partial charge in [0.15, 0.2) is 5.13 Å². The van der Waals surface area contributed by atoms with E-state index < -0.39 is 5.82 Å². The van der Waals surface area contributed by atoms with Crippen molar-refractivity contribution in [2.24, 2.45) is 0 Å². The second-order valence-corrected chi connectivity index (χ2v) is 7.30. The number of nitrogens with one attached hydrogen (secondary N) is 1. The first-order chi connectivity index (χ1) is 12.2. The molecule has 0 spiro atoms. The van der Waals surface area contributed by atoms with Gasteiger partial charge in [-0.25, -0.2) is 9.37 Å². The van der Waals surface area contributed by atoms with Crippen LogP contribution in [-0.4, -0.2) is 18.1 Å². The Labute approximate surface area is 155 Å². The van der Waals surface area contributed by atoms with Gasteiger partial charge in [-0.05, 0) is 43.2 Å². The van der Waals surface area contributed by atoms with E-state index in [0.29, 0.717) is 0 Å². The molecule has 2 aromatic carbocycles. The average Bonchev–Trinajstić information content (AvgIpc) is 3.30. The summed E-state index contributed by atoms with van der Waals surface area (Å²) in [5, 5.41) is 6.03. The first-order valence-electron chi connectivity index (χ1n) is 8.22. The molecule has 0 bridgehead atoms. The summed E-state index contributed by atoms with van der Waals surface area (Å²) in [5.74, 6) is -0.426. The van der Waals surface area contributed by atoms with E-state index in [4.69, 9.17) is 11.6 Å². The first-order valence-corrected chi connectivity index (χ1v) is 9.48. The predicted octanol–water partition coefficient (Wildman–Crippen LogP) is 5.95. The highest BCUT2D eigenvalue weighted by Crippen LogP contribution is 2.30. The third kappa shape index (κ3) is 3.62. The minimum absolute atomic E-state index is 0.0966. The van der Waals surface area contributed by atoms with Gasteiger partial charge in [-0.3, -0.25) is 0 Å². The van der Waals surface area contributed by atoms with Gasteiger partial charge < -0.3 is 10.2 Å². The van der Waals surface area contributed by atoms with Crippen molar-refractivity contribution >= 4 is 39.4 Å². The van der Waals surface area contributed by atoms with Gasteiger partial charge in [0.2, 0.25) is 0 Å². The zero-order valence-corrected chi connectivity index (χ0v) is 15.1. The van der Waals surface area contributed by atoms with Crippen molar-refractivity contribution < 1.29 is 4.39 Å². The van der Waals surface area contributed by atoms with E-state index in [0.717, 1.165) is 35.2 Å². The largest absolute Gasteiger partial charge is 0.372 e. The molecule has 6 heteroatoms. The number of benzene rings is 2. The Hall–Kier alpha value is -2.11. The standard InChI is InChI=1S/C19H17ClFN3S/c20-16-11-14(5-8-17(16)21)22-19-23-18(12-25-19)13-3-6-15(7-4-13)24-9-1-2-10-24/h3-8,11-12H,1-2,9-10H2,(H,22,23). The summed E-state index contributed by atoms with van der Waals surface area (Å²) >= 11 is 7.32. The molecular formula is C19H17ClFN3S. The highest BCUT2D eigenvalue weighted by molar-refractivity contribution is 7.14. The predicted molar refractivity (Wildman–Crippen MR) is 104 cm³/mol. The molecular weight excluding hydrogens is 357 g/mol. The summed E-state index contributed by atoms with van der Waals surface area (Å²) in [5.41, 5.74) is 4.01. The van der Waals surface area contributed by atoms with E-state index in [-0.39, 0.29) is 5.02 Å². The van der Waals surface area contributed by atoms with Crippen LogP contribution in [0.15, 0.2) is 47.8 Å². The van der Waals surface area contributed by atoms with Crippen LogP contribution in [0.4, 0.5) is 20.9 Å². The Morgan fingerprint density at radius 2 is 1.84 bits per heavy atom. The molecule has 3 nitrogen and oxygen atoms in total. The molecule has 2 heterocycles. The van der Waals surface area contributed by atoms with E-state index in [9.17, 15) is 4.39 Å². The summed E-state index contributed by atoms with van der Waals surface area (Å²) in [6.45, 7) is 2.29. The highest BCUT2D eigenvalue weighted by atomic mass is 35.5. The van der Waals surface area contributed by atoms with E-state index in [1.807, 2.05) is 5.38 Å². The number of aromatic nitrogens is 1. The summed E-state index contributed by atoms with van der Waals surface area (Å²) in [6.07, 6.45) is 2.55. The van der Waals surface area contributed by atoms with Gasteiger partial charge in [0.1, 0.15) is 5.82 Å². The molecule has 3 aromatic rings. The van der Waals surface area contributed by atoms with Crippen LogP contribution in [0.5, 0.6) is 0 Å². The number of hydrogen-bond donors (Lipinski definition) is 1. The quantitative estimate of drug-likeness (QED) is 0.612.